The zero-order valence-electron chi connectivity index (χ0n) is 14.8. The largest absolute Gasteiger partial charge is 0.367 e. The van der Waals surface area contributed by atoms with Gasteiger partial charge in [-0.3, -0.25) is 9.36 Å². The van der Waals surface area contributed by atoms with E-state index in [9.17, 15) is 9.36 Å². The minimum absolute atomic E-state index is 0.106. The Morgan fingerprint density at radius 1 is 1.00 bits per heavy atom. The highest BCUT2D eigenvalue weighted by atomic mass is 35.5. The van der Waals surface area contributed by atoms with Crippen LogP contribution >= 0.6 is 19.2 Å². The number of carbonyl (C=O) groups excluding carboxylic acids is 1. The van der Waals surface area contributed by atoms with Crippen LogP contribution in [-0.2, 0) is 25.0 Å². The first-order chi connectivity index (χ1) is 12.5. The molecule has 0 saturated carbocycles. The van der Waals surface area contributed by atoms with E-state index in [0.29, 0.717) is 10.6 Å². The second-order valence-corrected chi connectivity index (χ2v) is 7.90. The van der Waals surface area contributed by atoms with Gasteiger partial charge in [-0.25, -0.2) is 0 Å². The highest BCUT2D eigenvalue weighted by Gasteiger charge is 2.42. The molecular formula is C19H22ClO5P. The summed E-state index contributed by atoms with van der Waals surface area (Å²) in [5, 5.41) is 0.501. The van der Waals surface area contributed by atoms with Crippen molar-refractivity contribution in [1.29, 1.82) is 0 Å². The van der Waals surface area contributed by atoms with Gasteiger partial charge in [0.2, 0.25) is 11.6 Å². The van der Waals surface area contributed by atoms with E-state index in [1.165, 1.54) is 0 Å². The highest BCUT2D eigenvalue weighted by molar-refractivity contribution is 7.55. The van der Waals surface area contributed by atoms with Gasteiger partial charge >= 0.3 is 7.60 Å². The summed E-state index contributed by atoms with van der Waals surface area (Å²) in [6.45, 7) is 3.75. The van der Waals surface area contributed by atoms with Crippen LogP contribution in [0.15, 0.2) is 54.6 Å². The van der Waals surface area contributed by atoms with E-state index in [1.54, 1.807) is 38.1 Å². The second-order valence-electron chi connectivity index (χ2n) is 5.40. The molecule has 0 aromatic heterocycles. The third-order valence-electron chi connectivity index (χ3n) is 3.51. The second kappa shape index (κ2) is 10.0. The molecule has 26 heavy (non-hydrogen) atoms. The minimum Gasteiger partial charge on any atom is -0.353 e. The van der Waals surface area contributed by atoms with Crippen molar-refractivity contribution in [1.82, 2.24) is 0 Å². The Bertz CT molecular complexity index is 738. The number of hydrogen-bond donors (Lipinski definition) is 0. The quantitative estimate of drug-likeness (QED) is 0.401. The third-order valence-corrected chi connectivity index (χ3v) is 5.96. The maximum absolute atomic E-state index is 13.2. The van der Waals surface area contributed by atoms with Crippen molar-refractivity contribution in [3.63, 3.8) is 0 Å². The molecule has 0 N–H and O–H groups in total. The third kappa shape index (κ3) is 5.50. The lowest BCUT2D eigenvalue weighted by atomic mass is 10.1. The van der Waals surface area contributed by atoms with Crippen LogP contribution in [0.3, 0.4) is 0 Å². The van der Waals surface area contributed by atoms with E-state index in [4.69, 9.17) is 25.4 Å². The topological polar surface area (TPSA) is 61.8 Å². The number of carbonyl (C=O) groups is 1. The summed E-state index contributed by atoms with van der Waals surface area (Å²) in [6, 6.07) is 15.6. The number of rotatable bonds is 10. The van der Waals surface area contributed by atoms with Crippen molar-refractivity contribution in [2.24, 2.45) is 0 Å². The molecule has 0 aliphatic carbocycles. The molecule has 2 aromatic rings. The van der Waals surface area contributed by atoms with Crippen LogP contribution < -0.4 is 0 Å². The van der Waals surface area contributed by atoms with Gasteiger partial charge in [-0.05, 0) is 43.7 Å². The number of Topliss-reactive ketones (excluding diaryl/α,β-unsaturated/α-hetero) is 1. The van der Waals surface area contributed by atoms with Crippen LogP contribution in [-0.4, -0.2) is 24.8 Å². The molecule has 0 radical (unpaired) electrons. The van der Waals surface area contributed by atoms with Gasteiger partial charge in [-0.2, -0.15) is 0 Å². The zero-order chi connectivity index (χ0) is 19.0. The van der Waals surface area contributed by atoms with Gasteiger partial charge in [-0.15, -0.1) is 0 Å². The SMILES string of the molecule is CCOP(=O)(OCC)C(OCc1ccccc1)C(=O)c1ccc(Cl)cc1. The van der Waals surface area contributed by atoms with E-state index in [-0.39, 0.29) is 19.8 Å². The number of hydrogen-bond acceptors (Lipinski definition) is 5. The predicted molar refractivity (Wildman–Crippen MR) is 102 cm³/mol. The van der Waals surface area contributed by atoms with Gasteiger partial charge in [0.05, 0.1) is 19.8 Å². The Kier molecular flexibility index (Phi) is 8.01. The monoisotopic (exact) mass is 396 g/mol. The maximum atomic E-state index is 13.2. The molecule has 5 nitrogen and oxygen atoms in total. The normalized spacial score (nSPS) is 12.7. The van der Waals surface area contributed by atoms with Crippen LogP contribution in [0.4, 0.5) is 0 Å². The number of halogens is 1. The number of ketones is 1. The minimum atomic E-state index is -3.80. The van der Waals surface area contributed by atoms with Gasteiger partial charge < -0.3 is 13.8 Å². The van der Waals surface area contributed by atoms with E-state index in [2.05, 4.69) is 0 Å². The first kappa shape index (κ1) is 20.8. The lowest BCUT2D eigenvalue weighted by Crippen LogP contribution is -2.27. The number of ether oxygens (including phenoxy) is 1. The molecule has 0 spiro atoms. The Labute approximate surface area is 158 Å². The summed E-state index contributed by atoms with van der Waals surface area (Å²) in [7, 11) is -3.80. The van der Waals surface area contributed by atoms with E-state index in [0.717, 1.165) is 5.56 Å². The highest BCUT2D eigenvalue weighted by Crippen LogP contribution is 2.54. The summed E-state index contributed by atoms with van der Waals surface area (Å²) in [5.41, 5.74) is 1.17. The molecular weight excluding hydrogens is 375 g/mol. The van der Waals surface area contributed by atoms with Crippen LogP contribution in [0.1, 0.15) is 29.8 Å². The fourth-order valence-corrected chi connectivity index (χ4v) is 4.23. The molecule has 1 atom stereocenters. The van der Waals surface area contributed by atoms with Gasteiger partial charge in [-0.1, -0.05) is 41.9 Å². The van der Waals surface area contributed by atoms with E-state index < -0.39 is 19.2 Å². The van der Waals surface area contributed by atoms with Crippen LogP contribution in [0, 0.1) is 0 Å². The Hall–Kier alpha value is -1.49. The molecule has 2 rings (SSSR count). The van der Waals surface area contributed by atoms with Gasteiger partial charge in [0, 0.05) is 10.6 Å². The standard InChI is InChI=1S/C19H22ClO5P/c1-3-24-26(22,25-4-2)19(23-14-15-8-6-5-7-9-15)18(21)16-10-12-17(20)13-11-16/h5-13,19H,3-4,14H2,1-2H3. The Morgan fingerprint density at radius 2 is 1.58 bits per heavy atom. The first-order valence-corrected chi connectivity index (χ1v) is 10.3. The summed E-state index contributed by atoms with van der Waals surface area (Å²) < 4.78 is 29.6. The molecule has 2 aromatic carbocycles. The summed E-state index contributed by atoms with van der Waals surface area (Å²) in [6.07, 6.45) is 0. The van der Waals surface area contributed by atoms with Crippen molar-refractivity contribution in [3.05, 3.63) is 70.7 Å². The molecule has 0 aliphatic heterocycles. The number of benzene rings is 2. The molecule has 1 unspecified atom stereocenters. The van der Waals surface area contributed by atoms with E-state index in [1.807, 2.05) is 30.3 Å². The van der Waals surface area contributed by atoms with Gasteiger partial charge in [0.15, 0.2) is 0 Å². The van der Waals surface area contributed by atoms with Crippen molar-refractivity contribution in [3.8, 4) is 0 Å². The molecule has 0 heterocycles. The lowest BCUT2D eigenvalue weighted by Gasteiger charge is -2.25. The fourth-order valence-electron chi connectivity index (χ4n) is 2.35. The summed E-state index contributed by atoms with van der Waals surface area (Å²) >= 11 is 5.88. The summed E-state index contributed by atoms with van der Waals surface area (Å²) in [5.74, 6) is -1.83. The maximum Gasteiger partial charge on any atom is 0.367 e. The molecule has 7 heteroatoms. The van der Waals surface area contributed by atoms with Crippen molar-refractivity contribution in [2.75, 3.05) is 13.2 Å². The summed E-state index contributed by atoms with van der Waals surface area (Å²) in [4.78, 5) is 13.0. The lowest BCUT2D eigenvalue weighted by molar-refractivity contribution is 0.0464. The average molecular weight is 397 g/mol. The van der Waals surface area contributed by atoms with Crippen molar-refractivity contribution in [2.45, 2.75) is 26.3 Å². The average Bonchev–Trinajstić information content (AvgIpc) is 2.63. The van der Waals surface area contributed by atoms with Crippen LogP contribution in [0.2, 0.25) is 5.02 Å². The van der Waals surface area contributed by atoms with E-state index >= 15 is 0 Å². The van der Waals surface area contributed by atoms with Gasteiger partial charge in [0.25, 0.3) is 0 Å². The first-order valence-electron chi connectivity index (χ1n) is 8.34. The molecule has 0 fully saturated rings. The zero-order valence-corrected chi connectivity index (χ0v) is 16.4. The molecule has 0 amide bonds. The van der Waals surface area contributed by atoms with Gasteiger partial charge in [0.1, 0.15) is 0 Å². The Morgan fingerprint density at radius 3 is 2.12 bits per heavy atom. The van der Waals surface area contributed by atoms with Crippen LogP contribution in [0.5, 0.6) is 0 Å². The van der Waals surface area contributed by atoms with Crippen molar-refractivity contribution >= 4 is 25.0 Å². The molecule has 0 saturated heterocycles. The Balaban J connectivity index is 2.31. The predicted octanol–water partition coefficient (Wildman–Crippen LogP) is 5.33. The fraction of sp³-hybridized carbons (Fsp3) is 0.316. The van der Waals surface area contributed by atoms with Crippen LogP contribution in [0.25, 0.3) is 0 Å². The molecule has 0 aliphatic rings. The van der Waals surface area contributed by atoms with Crippen molar-refractivity contribution < 1.29 is 23.1 Å². The smallest absolute Gasteiger partial charge is 0.353 e. The molecule has 0 bridgehead atoms. The molecule has 140 valence electrons.